The van der Waals surface area contributed by atoms with E-state index < -0.39 is 0 Å². The summed E-state index contributed by atoms with van der Waals surface area (Å²) in [6, 6.07) is 11.2. The predicted octanol–water partition coefficient (Wildman–Crippen LogP) is 2.26. The van der Waals surface area contributed by atoms with Crippen LogP contribution in [0.15, 0.2) is 48.8 Å². The van der Waals surface area contributed by atoms with Crippen LogP contribution in [0.4, 0.5) is 11.6 Å². The van der Waals surface area contributed by atoms with E-state index in [-0.39, 0.29) is 6.61 Å². The quantitative estimate of drug-likeness (QED) is 0.748. The Morgan fingerprint density at radius 3 is 2.68 bits per heavy atom. The van der Waals surface area contributed by atoms with E-state index in [0.29, 0.717) is 11.6 Å². The minimum atomic E-state index is -0.0133. The molecule has 2 heterocycles. The number of para-hydroxylation sites is 2. The number of aromatic nitrogens is 3. The maximum absolute atomic E-state index is 9.09. The molecule has 0 aliphatic rings. The number of aliphatic hydroxyl groups excluding tert-OH is 1. The lowest BCUT2D eigenvalue weighted by molar-refractivity contribution is 0.282. The summed E-state index contributed by atoms with van der Waals surface area (Å²) in [6.45, 7) is -0.0133. The van der Waals surface area contributed by atoms with Gasteiger partial charge in [0.1, 0.15) is 5.82 Å². The Labute approximate surface area is 110 Å². The number of hydrogen-bond donors (Lipinski definition) is 2. The second-order valence-electron chi connectivity index (χ2n) is 4.08. The van der Waals surface area contributed by atoms with Gasteiger partial charge in [-0.1, -0.05) is 12.1 Å². The number of aliphatic hydroxyl groups is 1. The molecular weight excluding hydrogens is 240 g/mol. The number of nitrogens with zero attached hydrogens (tertiary/aromatic N) is 3. The first-order valence-electron chi connectivity index (χ1n) is 5.90. The molecule has 0 fully saturated rings. The number of hydrogen-bond acceptors (Lipinski definition) is 5. The molecular formula is C14H12N4O. The van der Waals surface area contributed by atoms with Crippen LogP contribution in [0.1, 0.15) is 5.56 Å². The van der Waals surface area contributed by atoms with Crippen molar-refractivity contribution in [3.05, 3.63) is 54.4 Å². The third-order valence-corrected chi connectivity index (χ3v) is 2.71. The van der Waals surface area contributed by atoms with Crippen LogP contribution in [0.3, 0.4) is 0 Å². The number of benzene rings is 1. The van der Waals surface area contributed by atoms with Crippen LogP contribution >= 0.6 is 0 Å². The molecule has 94 valence electrons. The molecule has 19 heavy (non-hydrogen) atoms. The molecule has 0 aliphatic carbocycles. The summed E-state index contributed by atoms with van der Waals surface area (Å²) in [5.74, 6) is 1.26. The SMILES string of the molecule is OCc1ccnc(Nc2cnc3ccccc3n2)c1. The molecule has 5 heteroatoms. The molecule has 0 saturated carbocycles. The summed E-state index contributed by atoms with van der Waals surface area (Å²) in [6.07, 6.45) is 3.30. The molecule has 0 aliphatic heterocycles. The predicted molar refractivity (Wildman–Crippen MR) is 73.0 cm³/mol. The molecule has 5 nitrogen and oxygen atoms in total. The topological polar surface area (TPSA) is 70.9 Å². The lowest BCUT2D eigenvalue weighted by Gasteiger charge is -2.06. The van der Waals surface area contributed by atoms with Gasteiger partial charge >= 0.3 is 0 Å². The van der Waals surface area contributed by atoms with Gasteiger partial charge in [-0.2, -0.15) is 0 Å². The molecule has 2 N–H and O–H groups in total. The number of anilines is 2. The summed E-state index contributed by atoms with van der Waals surface area (Å²) in [7, 11) is 0. The fourth-order valence-corrected chi connectivity index (χ4v) is 1.79. The molecule has 0 radical (unpaired) electrons. The highest BCUT2D eigenvalue weighted by Crippen LogP contribution is 2.15. The first-order valence-corrected chi connectivity index (χ1v) is 5.90. The second kappa shape index (κ2) is 4.99. The number of pyridine rings is 1. The first-order chi connectivity index (χ1) is 9.35. The van der Waals surface area contributed by atoms with Crippen LogP contribution in [0, 0.1) is 0 Å². The van der Waals surface area contributed by atoms with Crippen LogP contribution in [0.5, 0.6) is 0 Å². The lowest BCUT2D eigenvalue weighted by Crippen LogP contribution is -1.98. The third kappa shape index (κ3) is 2.51. The third-order valence-electron chi connectivity index (χ3n) is 2.71. The van der Waals surface area contributed by atoms with Gasteiger partial charge in [-0.05, 0) is 29.8 Å². The van der Waals surface area contributed by atoms with Crippen molar-refractivity contribution >= 4 is 22.7 Å². The summed E-state index contributed by atoms with van der Waals surface area (Å²) < 4.78 is 0. The lowest BCUT2D eigenvalue weighted by atomic mass is 10.3. The van der Waals surface area contributed by atoms with Crippen molar-refractivity contribution in [2.24, 2.45) is 0 Å². The maximum Gasteiger partial charge on any atom is 0.150 e. The van der Waals surface area contributed by atoms with Gasteiger partial charge in [0.15, 0.2) is 5.82 Å². The van der Waals surface area contributed by atoms with Crippen LogP contribution in [-0.2, 0) is 6.61 Å². The fraction of sp³-hybridized carbons (Fsp3) is 0.0714. The highest BCUT2D eigenvalue weighted by atomic mass is 16.3. The van der Waals surface area contributed by atoms with Crippen molar-refractivity contribution in [1.82, 2.24) is 15.0 Å². The Balaban J connectivity index is 1.92. The highest BCUT2D eigenvalue weighted by molar-refractivity contribution is 5.75. The summed E-state index contributed by atoms with van der Waals surface area (Å²) >= 11 is 0. The average Bonchev–Trinajstić information content (AvgIpc) is 2.47. The second-order valence-corrected chi connectivity index (χ2v) is 4.08. The van der Waals surface area contributed by atoms with E-state index in [0.717, 1.165) is 16.6 Å². The van der Waals surface area contributed by atoms with Crippen molar-refractivity contribution in [2.75, 3.05) is 5.32 Å². The Morgan fingerprint density at radius 2 is 1.84 bits per heavy atom. The molecule has 0 amide bonds. The molecule has 0 spiro atoms. The Kier molecular flexibility index (Phi) is 3.04. The average molecular weight is 252 g/mol. The molecule has 0 unspecified atom stereocenters. The molecule has 0 bridgehead atoms. The minimum Gasteiger partial charge on any atom is -0.392 e. The smallest absolute Gasteiger partial charge is 0.150 e. The van der Waals surface area contributed by atoms with Crippen LogP contribution < -0.4 is 5.32 Å². The van der Waals surface area contributed by atoms with Crippen molar-refractivity contribution in [1.29, 1.82) is 0 Å². The van der Waals surface area contributed by atoms with E-state index in [9.17, 15) is 0 Å². The first kappa shape index (κ1) is 11.6. The van der Waals surface area contributed by atoms with Gasteiger partial charge in [0, 0.05) is 6.20 Å². The van der Waals surface area contributed by atoms with Crippen LogP contribution in [0.2, 0.25) is 0 Å². The highest BCUT2D eigenvalue weighted by Gasteiger charge is 2.01. The van der Waals surface area contributed by atoms with E-state index in [1.165, 1.54) is 0 Å². The van der Waals surface area contributed by atoms with E-state index in [1.807, 2.05) is 24.3 Å². The normalized spacial score (nSPS) is 10.6. The van der Waals surface area contributed by atoms with Crippen molar-refractivity contribution < 1.29 is 5.11 Å². The molecule has 1 aromatic carbocycles. The zero-order valence-electron chi connectivity index (χ0n) is 10.1. The Morgan fingerprint density at radius 1 is 1.00 bits per heavy atom. The molecule has 0 saturated heterocycles. The van der Waals surface area contributed by atoms with Gasteiger partial charge in [0.25, 0.3) is 0 Å². The monoisotopic (exact) mass is 252 g/mol. The van der Waals surface area contributed by atoms with Gasteiger partial charge in [-0.15, -0.1) is 0 Å². The van der Waals surface area contributed by atoms with Gasteiger partial charge < -0.3 is 10.4 Å². The molecule has 3 aromatic rings. The maximum atomic E-state index is 9.09. The zero-order valence-corrected chi connectivity index (χ0v) is 10.1. The van der Waals surface area contributed by atoms with Crippen molar-refractivity contribution in [3.63, 3.8) is 0 Å². The molecule has 3 rings (SSSR count). The van der Waals surface area contributed by atoms with Gasteiger partial charge in [0.05, 0.1) is 23.8 Å². The van der Waals surface area contributed by atoms with E-state index in [2.05, 4.69) is 20.3 Å². The van der Waals surface area contributed by atoms with E-state index >= 15 is 0 Å². The summed E-state index contributed by atoms with van der Waals surface area (Å²) in [4.78, 5) is 12.9. The van der Waals surface area contributed by atoms with E-state index in [1.54, 1.807) is 24.5 Å². The largest absolute Gasteiger partial charge is 0.392 e. The zero-order chi connectivity index (χ0) is 13.1. The van der Waals surface area contributed by atoms with Crippen LogP contribution in [0.25, 0.3) is 11.0 Å². The molecule has 0 atom stereocenters. The van der Waals surface area contributed by atoms with E-state index in [4.69, 9.17) is 5.11 Å². The molecule has 2 aromatic heterocycles. The van der Waals surface area contributed by atoms with Gasteiger partial charge in [-0.3, -0.25) is 4.98 Å². The van der Waals surface area contributed by atoms with Crippen molar-refractivity contribution in [2.45, 2.75) is 6.61 Å². The summed E-state index contributed by atoms with van der Waals surface area (Å²) in [5, 5.41) is 12.2. The number of fused-ring (bicyclic) bond motifs is 1. The standard InChI is InChI=1S/C14H12N4O/c19-9-10-5-6-15-13(7-10)18-14-8-16-11-3-1-2-4-12(11)17-14/h1-8,19H,9H2,(H,15,17,18). The van der Waals surface area contributed by atoms with Gasteiger partial charge in [0.2, 0.25) is 0 Å². The number of rotatable bonds is 3. The minimum absolute atomic E-state index is 0.0133. The van der Waals surface area contributed by atoms with Crippen LogP contribution in [-0.4, -0.2) is 20.1 Å². The fourth-order valence-electron chi connectivity index (χ4n) is 1.79. The summed E-state index contributed by atoms with van der Waals surface area (Å²) in [5.41, 5.74) is 2.47. The Bertz CT molecular complexity index is 714. The number of nitrogens with one attached hydrogen (secondary N) is 1. The van der Waals surface area contributed by atoms with Crippen molar-refractivity contribution in [3.8, 4) is 0 Å². The van der Waals surface area contributed by atoms with Gasteiger partial charge in [-0.25, -0.2) is 9.97 Å². The Hall–Kier alpha value is -2.53.